The minimum absolute atomic E-state index is 0.0908. The Bertz CT molecular complexity index is 697. The number of benzene rings is 1. The summed E-state index contributed by atoms with van der Waals surface area (Å²) in [4.78, 5) is 0.298. The van der Waals surface area contributed by atoms with Gasteiger partial charge >= 0.3 is 0 Å². The lowest BCUT2D eigenvalue weighted by atomic mass is 10.0. The Morgan fingerprint density at radius 1 is 1.18 bits per heavy atom. The minimum Gasteiger partial charge on any atom is -0.310 e. The molecular weight excluding hydrogens is 316 g/mol. The van der Waals surface area contributed by atoms with Gasteiger partial charge in [-0.15, -0.1) is 0 Å². The van der Waals surface area contributed by atoms with Crippen LogP contribution in [0.25, 0.3) is 0 Å². The topological polar surface area (TPSA) is 58.2 Å². The van der Waals surface area contributed by atoms with E-state index in [0.29, 0.717) is 10.8 Å². The molecule has 0 unspecified atom stereocenters. The van der Waals surface area contributed by atoms with Gasteiger partial charge in [-0.3, -0.25) is 0 Å². The predicted molar refractivity (Wildman–Crippen MR) is 91.8 cm³/mol. The third-order valence-electron chi connectivity index (χ3n) is 3.78. The highest BCUT2D eigenvalue weighted by atomic mass is 32.2. The number of hydrogen-bond acceptors (Lipinski definition) is 4. The number of hydrogen-bond donors (Lipinski definition) is 2. The summed E-state index contributed by atoms with van der Waals surface area (Å²) < 4.78 is 26.1. The van der Waals surface area contributed by atoms with E-state index in [-0.39, 0.29) is 6.04 Å². The van der Waals surface area contributed by atoms with Crippen molar-refractivity contribution in [3.63, 3.8) is 0 Å². The zero-order valence-electron chi connectivity index (χ0n) is 13.0. The first-order chi connectivity index (χ1) is 10.4. The van der Waals surface area contributed by atoms with Gasteiger partial charge in [-0.1, -0.05) is 19.1 Å². The summed E-state index contributed by atoms with van der Waals surface area (Å²) in [6.45, 7) is 5.08. The molecule has 22 heavy (non-hydrogen) atoms. The monoisotopic (exact) mass is 338 g/mol. The molecular formula is C16H22N2O2S2. The maximum atomic E-state index is 11.9. The van der Waals surface area contributed by atoms with E-state index >= 15 is 0 Å². The van der Waals surface area contributed by atoms with Crippen LogP contribution in [0.3, 0.4) is 0 Å². The van der Waals surface area contributed by atoms with E-state index in [1.165, 1.54) is 12.6 Å². The molecule has 0 aliphatic heterocycles. The molecule has 0 spiro atoms. The van der Waals surface area contributed by atoms with Gasteiger partial charge in [0.1, 0.15) is 0 Å². The molecule has 0 saturated carbocycles. The summed E-state index contributed by atoms with van der Waals surface area (Å²) in [5, 5.41) is 7.72. The molecule has 1 aromatic carbocycles. The lowest BCUT2D eigenvalue weighted by Crippen LogP contribution is -2.24. The quantitative estimate of drug-likeness (QED) is 0.815. The van der Waals surface area contributed by atoms with Crippen molar-refractivity contribution >= 4 is 21.4 Å². The van der Waals surface area contributed by atoms with Crippen LogP contribution < -0.4 is 10.0 Å². The maximum absolute atomic E-state index is 11.9. The Labute approximate surface area is 136 Å². The molecule has 0 radical (unpaired) electrons. The Morgan fingerprint density at radius 3 is 2.59 bits per heavy atom. The Balaban J connectivity index is 2.04. The molecule has 4 nitrogen and oxygen atoms in total. The summed E-state index contributed by atoms with van der Waals surface area (Å²) in [7, 11) is -1.97. The zero-order valence-corrected chi connectivity index (χ0v) is 14.7. The van der Waals surface area contributed by atoms with Crippen molar-refractivity contribution in [2.75, 3.05) is 13.6 Å². The molecule has 0 bridgehead atoms. The highest BCUT2D eigenvalue weighted by Crippen LogP contribution is 2.20. The molecule has 0 saturated heterocycles. The van der Waals surface area contributed by atoms with Crippen molar-refractivity contribution in [3.8, 4) is 0 Å². The first kappa shape index (κ1) is 17.1. The number of thiophene rings is 1. The normalized spacial score (nSPS) is 14.7. The average Bonchev–Trinajstić information content (AvgIpc) is 3.07. The second kappa shape index (κ2) is 7.37. The predicted octanol–water partition coefficient (Wildman–Crippen LogP) is 3.11. The first-order valence-electron chi connectivity index (χ1n) is 7.23. The largest absolute Gasteiger partial charge is 0.310 e. The van der Waals surface area contributed by atoms with Crippen molar-refractivity contribution in [1.82, 2.24) is 10.0 Å². The molecule has 0 amide bonds. The van der Waals surface area contributed by atoms with Crippen LogP contribution in [-0.4, -0.2) is 22.0 Å². The van der Waals surface area contributed by atoms with Gasteiger partial charge in [0.05, 0.1) is 4.90 Å². The summed E-state index contributed by atoms with van der Waals surface area (Å²) in [5.41, 5.74) is 2.30. The van der Waals surface area contributed by atoms with Crippen molar-refractivity contribution < 1.29 is 8.42 Å². The van der Waals surface area contributed by atoms with E-state index in [9.17, 15) is 8.42 Å². The zero-order chi connectivity index (χ0) is 16.2. The Morgan fingerprint density at radius 2 is 1.95 bits per heavy atom. The van der Waals surface area contributed by atoms with Crippen LogP contribution >= 0.6 is 11.3 Å². The van der Waals surface area contributed by atoms with Gasteiger partial charge in [0.25, 0.3) is 0 Å². The molecule has 1 aromatic heterocycles. The van der Waals surface area contributed by atoms with Gasteiger partial charge in [-0.2, -0.15) is 11.3 Å². The molecule has 0 aliphatic carbocycles. The van der Waals surface area contributed by atoms with E-state index in [1.807, 2.05) is 13.0 Å². The fourth-order valence-corrected chi connectivity index (χ4v) is 3.78. The molecule has 2 rings (SSSR count). The second-order valence-corrected chi connectivity index (χ2v) is 8.03. The lowest BCUT2D eigenvalue weighted by molar-refractivity contribution is 0.536. The van der Waals surface area contributed by atoms with Gasteiger partial charge in [0, 0.05) is 12.6 Å². The third-order valence-corrected chi connectivity index (χ3v) is 5.89. The van der Waals surface area contributed by atoms with Crippen molar-refractivity contribution in [2.45, 2.75) is 30.7 Å². The van der Waals surface area contributed by atoms with Crippen LogP contribution in [0.2, 0.25) is 0 Å². The van der Waals surface area contributed by atoms with Gasteiger partial charge in [-0.25, -0.2) is 13.1 Å². The molecule has 0 fully saturated rings. The highest BCUT2D eigenvalue weighted by molar-refractivity contribution is 7.89. The van der Waals surface area contributed by atoms with Crippen LogP contribution in [0, 0.1) is 0 Å². The Hall–Kier alpha value is -1.21. The van der Waals surface area contributed by atoms with Gasteiger partial charge in [-0.05, 0) is 60.0 Å². The van der Waals surface area contributed by atoms with Crippen molar-refractivity contribution in [3.05, 3.63) is 52.2 Å². The smallest absolute Gasteiger partial charge is 0.240 e. The van der Waals surface area contributed by atoms with Crippen LogP contribution in [0.1, 0.15) is 36.9 Å². The lowest BCUT2D eigenvalue weighted by Gasteiger charge is -2.18. The number of sulfonamides is 1. The molecule has 2 atom stereocenters. The molecule has 1 heterocycles. The molecule has 2 N–H and O–H groups in total. The standard InChI is InChI=1S/C16H22N2O2S2/c1-12(15-7-8-21-11-15)10-18-13(2)14-5-4-6-16(9-14)22(19,20)17-3/h4-9,11-13,17-18H,10H2,1-3H3/t12-,13-/m0/s1. The molecule has 6 heteroatoms. The maximum Gasteiger partial charge on any atom is 0.240 e. The Kier molecular flexibility index (Phi) is 5.74. The number of nitrogens with one attached hydrogen (secondary N) is 2. The summed E-state index contributed by atoms with van der Waals surface area (Å²) >= 11 is 1.70. The van der Waals surface area contributed by atoms with E-state index < -0.39 is 10.0 Å². The average molecular weight is 338 g/mol. The second-order valence-electron chi connectivity index (χ2n) is 5.37. The van der Waals surface area contributed by atoms with Gasteiger partial charge < -0.3 is 5.32 Å². The fraction of sp³-hybridized carbons (Fsp3) is 0.375. The fourth-order valence-electron chi connectivity index (χ4n) is 2.21. The minimum atomic E-state index is -3.40. The van der Waals surface area contributed by atoms with Gasteiger partial charge in [0.2, 0.25) is 10.0 Å². The van der Waals surface area contributed by atoms with E-state index in [4.69, 9.17) is 0 Å². The highest BCUT2D eigenvalue weighted by Gasteiger charge is 2.14. The van der Waals surface area contributed by atoms with Gasteiger partial charge in [0.15, 0.2) is 0 Å². The van der Waals surface area contributed by atoms with Crippen molar-refractivity contribution in [1.29, 1.82) is 0 Å². The summed E-state index contributed by atoms with van der Waals surface area (Å²) in [6, 6.07) is 9.28. The van der Waals surface area contributed by atoms with Crippen LogP contribution in [0.5, 0.6) is 0 Å². The van der Waals surface area contributed by atoms with Crippen LogP contribution in [0.4, 0.5) is 0 Å². The van der Waals surface area contributed by atoms with E-state index in [0.717, 1.165) is 12.1 Å². The third kappa shape index (κ3) is 4.16. The number of rotatable bonds is 7. The molecule has 2 aromatic rings. The first-order valence-corrected chi connectivity index (χ1v) is 9.65. The van der Waals surface area contributed by atoms with E-state index in [1.54, 1.807) is 29.5 Å². The van der Waals surface area contributed by atoms with Crippen LogP contribution in [0.15, 0.2) is 46.0 Å². The molecule has 0 aliphatic rings. The van der Waals surface area contributed by atoms with Crippen molar-refractivity contribution in [2.24, 2.45) is 0 Å². The summed E-state index contributed by atoms with van der Waals surface area (Å²) in [6.07, 6.45) is 0. The van der Waals surface area contributed by atoms with Crippen LogP contribution in [-0.2, 0) is 10.0 Å². The van der Waals surface area contributed by atoms with E-state index in [2.05, 4.69) is 33.8 Å². The SMILES string of the molecule is CNS(=O)(=O)c1cccc([C@H](C)NC[C@H](C)c2ccsc2)c1. The molecule has 120 valence electrons. The summed E-state index contributed by atoms with van der Waals surface area (Å²) in [5.74, 6) is 0.429.